The molecule has 0 radical (unpaired) electrons. The fourth-order valence-electron chi connectivity index (χ4n) is 19.0. The molecule has 56 atom stereocenters. The number of hydrogen-bond donors (Lipinski definition) is 36. The van der Waals surface area contributed by atoms with Gasteiger partial charge in [-0.2, -0.15) is 8.42 Å². The summed E-state index contributed by atoms with van der Waals surface area (Å²) in [5.41, 5.74) is 0. The number of aliphatic hydroxyl groups excluding tert-OH is 28. The van der Waals surface area contributed by atoms with Gasteiger partial charge in [-0.15, -0.1) is 0 Å². The largest absolute Gasteiger partial charge is 0.477 e. The van der Waals surface area contributed by atoms with Crippen LogP contribution in [-0.4, -0.2) is 612 Å². The van der Waals surface area contributed by atoms with Gasteiger partial charge in [-0.25, -0.2) is 8.98 Å². The second kappa shape index (κ2) is 53.0. The minimum Gasteiger partial charge on any atom is -0.477 e. The summed E-state index contributed by atoms with van der Waals surface area (Å²) in [5.74, 6) is -11.5. The number of amides is 6. The topological polar surface area (TPSA) is 1040 Å². The van der Waals surface area contributed by atoms with E-state index in [0.29, 0.717) is 0 Å². The number of carbonyl (C=O) groups is 7. The Morgan fingerprint density at radius 3 is 1.06 bits per heavy atom. The minimum atomic E-state index is -5.49. The number of hydrogen-bond acceptors (Lipinski definition) is 59. The smallest absolute Gasteiger partial charge is 0.397 e. The van der Waals surface area contributed by atoms with E-state index in [9.17, 15) is 195 Å². The van der Waals surface area contributed by atoms with Gasteiger partial charge in [-0.05, 0) is 6.92 Å². The third-order valence-electron chi connectivity index (χ3n) is 26.5. The van der Waals surface area contributed by atoms with E-state index in [1.165, 1.54) is 6.92 Å². The lowest BCUT2D eigenvalue weighted by molar-refractivity contribution is -0.399. The molecule has 860 valence electrons. The summed E-state index contributed by atoms with van der Waals surface area (Å²) in [6.45, 7) is -5.89. The predicted octanol–water partition coefficient (Wildman–Crippen LogP) is -24.1. The maximum atomic E-state index is 13.4. The molecule has 11 heterocycles. The highest BCUT2D eigenvalue weighted by molar-refractivity contribution is 7.80. The van der Waals surface area contributed by atoms with Crippen molar-refractivity contribution in [2.75, 3.05) is 66.1 Å². The van der Waals surface area contributed by atoms with Crippen LogP contribution >= 0.6 is 0 Å². The molecule has 11 saturated heterocycles. The molecule has 0 bridgehead atoms. The standard InChI is InChI=1S/C81H134N6O61S/c1-19-43(104)54(115)57(118)75(129-19)127-18-36-63(49(110)38(70(121)130-36)83-21(3)97)140-71-39(84-22(4)98)51(112)61(32(14-93)134-71)141-76-58(119)66(143-79-69(56(117)46(107)29(11-90)133-79)145-74-40(85-23(5)99)50(111)60(31(13-92)135-74)139-72-42(87-25(7)101)53(114)64(34(16-95)137-72)148-149(124,125)126)48(109)35(138-76)17-128-78-68(55(116)45(106)28(10-89)132-78)144-73-41(86-24(6)100)52(113)62(33(15-94)136-73)142-77-59(120)67(47(108)30(12-91)131-77)147-81(80(122)123)8-26(102)37(82-20(2)96)65(146-81)44(105)27(103)9-88/h19,26-79,88-95,102-121H,8-18H2,1-7H3,(H,82,96)(H,83,97)(H,84,98)(H,85,99)(H,86,100)(H,87,101)(H,122,123)(H,124,125,126)/t19-,26-,27+,28+,29+,30+,31+,32+,33+,34+,35+,36+,37+,38+,39+,40+,41+,42+,43+,44+,45+,46+,47-,48+,49+,50+,51+,52+,53+,54+,55-,56-,57-,58-,59+,60+,61+,62+,63+,64-,65+,66-,67-,68-,69-,70?,71-,72-,73-,74-,75+,76-,77-,78-,79+,81-/m0/s1. The maximum Gasteiger partial charge on any atom is 0.397 e. The Labute approximate surface area is 843 Å². The number of ether oxygens (including phenoxy) is 21. The summed E-state index contributed by atoms with van der Waals surface area (Å²) in [4.78, 5) is 90.8. The zero-order valence-corrected chi connectivity index (χ0v) is 80.8. The monoisotopic (exact) mass is 2200 g/mol. The number of aliphatic carboxylic acids is 1. The maximum absolute atomic E-state index is 13.4. The van der Waals surface area contributed by atoms with E-state index in [4.69, 9.17) is 99.5 Å². The van der Waals surface area contributed by atoms with Gasteiger partial charge in [-0.1, -0.05) is 0 Å². The van der Waals surface area contributed by atoms with Crippen LogP contribution in [0, 0.1) is 0 Å². The van der Waals surface area contributed by atoms with Gasteiger partial charge in [0.05, 0.1) is 84.3 Å². The van der Waals surface area contributed by atoms with Gasteiger partial charge in [0, 0.05) is 48.0 Å². The van der Waals surface area contributed by atoms with Gasteiger partial charge in [0.2, 0.25) is 35.4 Å². The predicted molar refractivity (Wildman–Crippen MR) is 458 cm³/mol. The molecular formula is C81H134N6O61S. The SMILES string of the molecule is CC(=O)N[C@H]1[C@H](O[C@H]2[C@H](O)[C@@H](NC(C)=O)[C@H](O[C@@H]3[C@@H](O[C@@H]4[C@H](O)[C@H](O[C@H]5[C@H](O)[C@@H](NC(C)=O)[C@H](O[C@H]6[C@H](O)[C@@H](NC(C)=O)C(O)O[C@@H]6CO[C@@H]6O[C@@H](C)[C@@H](O)[C@@H](O)[C@@H]6O)O[C@@H]5CO)O[C@H](CO[C@H]5O[C@H](CO)[C@@H](O)[C@H](O)[C@@H]5O[C@@H]5O[C@H](CO)[C@@H](O[C@@H]6O[C@H](CO)[C@H](O)[C@H](O[C@]7(C(=O)O)C[C@H](O)[C@@H](NC(C)=O)[C@H]([C@H](O)[C@H](O)CO)O7)[C@H]6O)[C@H](O)[C@H]5NC(C)=O)[C@H]4O)O[C@H](CO)[C@@H](O)[C@@H]3O)O[C@@H]2CO)O[C@H](CO)[C@H](OS(=O)(=O)O)[C@@H]1O. The van der Waals surface area contributed by atoms with Crippen molar-refractivity contribution in [2.24, 2.45) is 0 Å². The van der Waals surface area contributed by atoms with Gasteiger partial charge in [0.15, 0.2) is 62.9 Å². The molecule has 0 saturated carbocycles. The molecule has 11 fully saturated rings. The first kappa shape index (κ1) is 123. The van der Waals surface area contributed by atoms with Gasteiger partial charge in [0.1, 0.15) is 256 Å². The van der Waals surface area contributed by atoms with Crippen molar-refractivity contribution in [1.29, 1.82) is 0 Å². The number of carbonyl (C=O) groups excluding carboxylic acids is 6. The molecule has 11 aliphatic rings. The lowest BCUT2D eigenvalue weighted by atomic mass is 9.88. The van der Waals surface area contributed by atoms with Crippen molar-refractivity contribution in [1.82, 2.24) is 31.9 Å². The van der Waals surface area contributed by atoms with Crippen molar-refractivity contribution in [3.63, 3.8) is 0 Å². The Morgan fingerprint density at radius 1 is 0.322 bits per heavy atom. The van der Waals surface area contributed by atoms with Crippen molar-refractivity contribution in [3.8, 4) is 0 Å². The third kappa shape index (κ3) is 28.3. The Bertz CT molecular complexity index is 4440. The average Bonchev–Trinajstić information content (AvgIpc) is 0.754. The Hall–Kier alpha value is -5.80. The molecule has 0 aliphatic carbocycles. The summed E-state index contributed by atoms with van der Waals surface area (Å²) >= 11 is 0. The van der Waals surface area contributed by atoms with E-state index in [-0.39, 0.29) is 0 Å². The molecule has 68 heteroatoms. The van der Waals surface area contributed by atoms with Crippen molar-refractivity contribution in [3.05, 3.63) is 0 Å². The number of nitrogens with one attached hydrogen (secondary N) is 6. The normalized spacial score (nSPS) is 46.4. The Balaban J connectivity index is 0.924. The zero-order chi connectivity index (χ0) is 110. The van der Waals surface area contributed by atoms with E-state index >= 15 is 0 Å². The van der Waals surface area contributed by atoms with Crippen LogP contribution in [0.1, 0.15) is 54.9 Å². The summed E-state index contributed by atoms with van der Waals surface area (Å²) in [7, 11) is -5.49. The minimum absolute atomic E-state index is 0.844. The highest BCUT2D eigenvalue weighted by Crippen LogP contribution is 2.44. The van der Waals surface area contributed by atoms with Crippen LogP contribution in [0.25, 0.3) is 0 Å². The first-order chi connectivity index (χ1) is 70.0. The molecule has 11 rings (SSSR count). The van der Waals surface area contributed by atoms with Crippen molar-refractivity contribution in [2.45, 2.75) is 398 Å². The van der Waals surface area contributed by atoms with Gasteiger partial charge >= 0.3 is 16.4 Å². The lowest BCUT2D eigenvalue weighted by Crippen LogP contribution is -2.71. The van der Waals surface area contributed by atoms with Crippen molar-refractivity contribution < 1.29 is 298 Å². The number of carboxylic acid groups (broad SMARTS) is 1. The summed E-state index contributed by atoms with van der Waals surface area (Å²) in [6, 6.07) is -12.0. The highest BCUT2D eigenvalue weighted by Gasteiger charge is 2.65. The van der Waals surface area contributed by atoms with Crippen LogP contribution in [0.4, 0.5) is 0 Å². The van der Waals surface area contributed by atoms with Crippen LogP contribution < -0.4 is 31.9 Å². The zero-order valence-electron chi connectivity index (χ0n) is 80.0. The third-order valence-corrected chi connectivity index (χ3v) is 27.0. The van der Waals surface area contributed by atoms with E-state index in [1.54, 1.807) is 0 Å². The van der Waals surface area contributed by atoms with Gasteiger partial charge in [0.25, 0.3) is 5.79 Å². The molecule has 0 spiro atoms. The average molecular weight is 2200 g/mol. The Kier molecular flexibility index (Phi) is 43.9. The number of aliphatic hydroxyl groups is 28. The lowest BCUT2D eigenvalue weighted by Gasteiger charge is -2.51. The highest BCUT2D eigenvalue weighted by atomic mass is 32.3. The molecule has 0 aromatic carbocycles. The molecule has 67 nitrogen and oxygen atoms in total. The molecule has 0 aromatic heterocycles. The van der Waals surface area contributed by atoms with Crippen molar-refractivity contribution >= 4 is 51.8 Å². The van der Waals surface area contributed by atoms with E-state index in [0.717, 1.165) is 41.5 Å². The van der Waals surface area contributed by atoms with E-state index < -0.39 is 467 Å². The molecule has 0 aromatic rings. The quantitative estimate of drug-likeness (QED) is 0.0253. The van der Waals surface area contributed by atoms with Crippen LogP contribution in [0.2, 0.25) is 0 Å². The van der Waals surface area contributed by atoms with Crippen LogP contribution in [0.3, 0.4) is 0 Å². The van der Waals surface area contributed by atoms with E-state index in [2.05, 4.69) is 36.1 Å². The second-order valence-corrected chi connectivity index (χ2v) is 38.2. The molecule has 6 amide bonds. The molecule has 11 aliphatic heterocycles. The molecule has 1 unspecified atom stereocenters. The van der Waals surface area contributed by atoms with Gasteiger partial charge < -0.3 is 279 Å². The first-order valence-electron chi connectivity index (χ1n) is 46.8. The van der Waals surface area contributed by atoms with Gasteiger partial charge in [-0.3, -0.25) is 33.3 Å². The fourth-order valence-corrected chi connectivity index (χ4v) is 19.5. The van der Waals surface area contributed by atoms with Crippen LogP contribution in [0.5, 0.6) is 0 Å². The Morgan fingerprint density at radius 2 is 0.644 bits per heavy atom. The van der Waals surface area contributed by atoms with E-state index in [1.807, 2.05) is 0 Å². The molecule has 36 N–H and O–H groups in total. The van der Waals surface area contributed by atoms with Crippen LogP contribution in [0.15, 0.2) is 0 Å². The number of rotatable bonds is 41. The first-order valence-corrected chi connectivity index (χ1v) is 48.1. The fraction of sp³-hybridized carbons (Fsp3) is 0.914. The summed E-state index contributed by atoms with van der Waals surface area (Å²) < 4.78 is 164. The number of carboxylic acids is 1. The van der Waals surface area contributed by atoms with Crippen LogP contribution in [-0.2, 0) is 148 Å². The molecule has 149 heavy (non-hydrogen) atoms. The summed E-state index contributed by atoms with van der Waals surface area (Å²) in [6.07, 6.45) is -111. The summed E-state index contributed by atoms with van der Waals surface area (Å²) in [5, 5.41) is 344. The molecular weight excluding hydrogens is 2060 g/mol. The second-order valence-electron chi connectivity index (χ2n) is 37.2.